The van der Waals surface area contributed by atoms with Gasteiger partial charge in [0.1, 0.15) is 0 Å². The lowest BCUT2D eigenvalue weighted by atomic mass is 9.82. The van der Waals surface area contributed by atoms with E-state index >= 15 is 0 Å². The second-order valence-electron chi connectivity index (χ2n) is 6.35. The first-order valence-electron chi connectivity index (χ1n) is 8.12. The van der Waals surface area contributed by atoms with Crippen LogP contribution in [0.5, 0.6) is 0 Å². The first-order chi connectivity index (χ1) is 10.9. The fraction of sp³-hybridized carbons (Fsp3) is 0.190. The van der Waals surface area contributed by atoms with Crippen LogP contribution in [0.3, 0.4) is 0 Å². The lowest BCUT2D eigenvalue weighted by Gasteiger charge is -2.25. The van der Waals surface area contributed by atoms with Gasteiger partial charge in [-0.1, -0.05) is 61.0 Å². The van der Waals surface area contributed by atoms with Crippen LogP contribution in [0, 0.1) is 0 Å². The van der Waals surface area contributed by atoms with Crippen molar-refractivity contribution in [2.75, 3.05) is 0 Å². The van der Waals surface area contributed by atoms with E-state index in [4.69, 9.17) is 4.98 Å². The van der Waals surface area contributed by atoms with E-state index in [1.54, 1.807) is 0 Å². The number of pyridine rings is 1. The number of benzene rings is 3. The highest BCUT2D eigenvalue weighted by Crippen LogP contribution is 2.38. The quantitative estimate of drug-likeness (QED) is 0.402. The summed E-state index contributed by atoms with van der Waals surface area (Å²) in [4.78, 5) is 5.08. The smallest absolute Gasteiger partial charge is 0.0790 e. The molecule has 1 fully saturated rings. The fourth-order valence-electron chi connectivity index (χ4n) is 3.71. The third kappa shape index (κ3) is 1.62. The summed E-state index contributed by atoms with van der Waals surface area (Å²) in [5.41, 5.74) is 2.44. The van der Waals surface area contributed by atoms with E-state index in [-0.39, 0.29) is 0 Å². The summed E-state index contributed by atoms with van der Waals surface area (Å²) >= 11 is 0. The van der Waals surface area contributed by atoms with Crippen LogP contribution in [0.1, 0.15) is 30.9 Å². The largest absolute Gasteiger partial charge is 0.252 e. The highest BCUT2D eigenvalue weighted by atomic mass is 14.7. The van der Waals surface area contributed by atoms with Crippen molar-refractivity contribution in [1.82, 2.24) is 4.98 Å². The van der Waals surface area contributed by atoms with E-state index in [0.29, 0.717) is 5.92 Å². The van der Waals surface area contributed by atoms with Crippen LogP contribution in [-0.4, -0.2) is 4.98 Å². The average Bonchev–Trinajstić information content (AvgIpc) is 2.53. The van der Waals surface area contributed by atoms with Crippen LogP contribution in [0.4, 0.5) is 0 Å². The first-order valence-corrected chi connectivity index (χ1v) is 8.12. The standard InChI is InChI=1S/C21H17N/c1-2-10-17-15(8-1)16-9-3-4-11-18(16)21-19(17)12-13-20(22-21)14-6-5-7-14/h1-4,8-14H,5-7H2. The van der Waals surface area contributed by atoms with Gasteiger partial charge in [-0.3, -0.25) is 4.98 Å². The minimum absolute atomic E-state index is 0.676. The molecular weight excluding hydrogens is 266 g/mol. The van der Waals surface area contributed by atoms with E-state index in [9.17, 15) is 0 Å². The number of rotatable bonds is 1. The summed E-state index contributed by atoms with van der Waals surface area (Å²) in [6, 6.07) is 21.9. The van der Waals surface area contributed by atoms with E-state index in [1.807, 2.05) is 0 Å². The lowest BCUT2D eigenvalue weighted by Crippen LogP contribution is -2.10. The average molecular weight is 283 g/mol. The van der Waals surface area contributed by atoms with Gasteiger partial charge in [0.05, 0.1) is 5.52 Å². The lowest BCUT2D eigenvalue weighted by molar-refractivity contribution is 0.412. The summed E-state index contributed by atoms with van der Waals surface area (Å²) in [5, 5.41) is 6.49. The second kappa shape index (κ2) is 4.54. The van der Waals surface area contributed by atoms with E-state index < -0.39 is 0 Å². The Balaban J connectivity index is 1.97. The van der Waals surface area contributed by atoms with Crippen LogP contribution < -0.4 is 0 Å². The van der Waals surface area contributed by atoms with Gasteiger partial charge >= 0.3 is 0 Å². The topological polar surface area (TPSA) is 12.9 Å². The van der Waals surface area contributed by atoms with Gasteiger partial charge in [0.15, 0.2) is 0 Å². The molecular formula is C21H17N. The molecule has 1 aromatic heterocycles. The Labute approximate surface area is 129 Å². The number of hydrogen-bond acceptors (Lipinski definition) is 1. The molecule has 1 heterocycles. The molecule has 0 saturated heterocycles. The number of aromatic nitrogens is 1. The normalized spacial score (nSPS) is 15.5. The van der Waals surface area contributed by atoms with Crippen molar-refractivity contribution in [2.24, 2.45) is 0 Å². The van der Waals surface area contributed by atoms with Crippen molar-refractivity contribution in [2.45, 2.75) is 25.2 Å². The van der Waals surface area contributed by atoms with Crippen LogP contribution in [-0.2, 0) is 0 Å². The van der Waals surface area contributed by atoms with Crippen molar-refractivity contribution in [3.63, 3.8) is 0 Å². The zero-order valence-electron chi connectivity index (χ0n) is 12.4. The van der Waals surface area contributed by atoms with Crippen molar-refractivity contribution in [1.29, 1.82) is 0 Å². The zero-order chi connectivity index (χ0) is 14.5. The van der Waals surface area contributed by atoms with E-state index in [0.717, 1.165) is 0 Å². The molecule has 1 heteroatoms. The number of fused-ring (bicyclic) bond motifs is 6. The van der Waals surface area contributed by atoms with Gasteiger partial charge in [-0.15, -0.1) is 0 Å². The van der Waals surface area contributed by atoms with Gasteiger partial charge < -0.3 is 0 Å². The number of nitrogens with zero attached hydrogens (tertiary/aromatic N) is 1. The van der Waals surface area contributed by atoms with Crippen LogP contribution in [0.25, 0.3) is 32.4 Å². The van der Waals surface area contributed by atoms with Gasteiger partial charge in [0.25, 0.3) is 0 Å². The third-order valence-corrected chi connectivity index (χ3v) is 5.13. The van der Waals surface area contributed by atoms with Crippen molar-refractivity contribution in [3.8, 4) is 0 Å². The maximum atomic E-state index is 5.08. The fourth-order valence-corrected chi connectivity index (χ4v) is 3.71. The van der Waals surface area contributed by atoms with Gasteiger partial charge in [-0.2, -0.15) is 0 Å². The zero-order valence-corrected chi connectivity index (χ0v) is 12.4. The molecule has 0 N–H and O–H groups in total. The van der Waals surface area contributed by atoms with Gasteiger partial charge in [-0.05, 0) is 35.1 Å². The van der Waals surface area contributed by atoms with Gasteiger partial charge in [-0.25, -0.2) is 0 Å². The molecule has 106 valence electrons. The van der Waals surface area contributed by atoms with Crippen LogP contribution in [0.15, 0.2) is 60.7 Å². The molecule has 0 unspecified atom stereocenters. The monoisotopic (exact) mass is 283 g/mol. The van der Waals surface area contributed by atoms with E-state index in [1.165, 1.54) is 57.4 Å². The molecule has 0 atom stereocenters. The SMILES string of the molecule is c1ccc2c(c1)c1ccccc1c1nc(C3CCC3)ccc21. The molecule has 0 radical (unpaired) electrons. The van der Waals surface area contributed by atoms with Crippen LogP contribution >= 0.6 is 0 Å². The Kier molecular flexibility index (Phi) is 2.51. The molecule has 0 amide bonds. The summed E-state index contributed by atoms with van der Waals surface area (Å²) in [5.74, 6) is 0.676. The van der Waals surface area contributed by atoms with Crippen molar-refractivity contribution >= 4 is 32.4 Å². The van der Waals surface area contributed by atoms with Gasteiger partial charge in [0, 0.05) is 22.4 Å². The number of hydrogen-bond donors (Lipinski definition) is 0. The highest BCUT2D eigenvalue weighted by molar-refractivity contribution is 6.24. The van der Waals surface area contributed by atoms with Gasteiger partial charge in [0.2, 0.25) is 0 Å². The Bertz CT molecular complexity index is 977. The molecule has 1 aliphatic carbocycles. The summed E-state index contributed by atoms with van der Waals surface area (Å²) in [7, 11) is 0. The summed E-state index contributed by atoms with van der Waals surface area (Å²) < 4.78 is 0. The van der Waals surface area contributed by atoms with E-state index in [2.05, 4.69) is 60.7 Å². The molecule has 1 saturated carbocycles. The Morgan fingerprint density at radius 1 is 0.636 bits per heavy atom. The minimum Gasteiger partial charge on any atom is -0.252 e. The Morgan fingerprint density at radius 2 is 1.18 bits per heavy atom. The Morgan fingerprint density at radius 3 is 1.77 bits per heavy atom. The molecule has 5 rings (SSSR count). The minimum atomic E-state index is 0.676. The molecule has 0 bridgehead atoms. The molecule has 4 aromatic rings. The highest BCUT2D eigenvalue weighted by Gasteiger charge is 2.21. The molecule has 1 nitrogen and oxygen atoms in total. The predicted molar refractivity (Wildman–Crippen MR) is 93.3 cm³/mol. The predicted octanol–water partition coefficient (Wildman–Crippen LogP) is 5.81. The molecule has 0 spiro atoms. The van der Waals surface area contributed by atoms with Crippen molar-refractivity contribution < 1.29 is 0 Å². The molecule has 0 aliphatic heterocycles. The summed E-state index contributed by atoms with van der Waals surface area (Å²) in [6.45, 7) is 0. The maximum absolute atomic E-state index is 5.08. The van der Waals surface area contributed by atoms with Crippen molar-refractivity contribution in [3.05, 3.63) is 66.4 Å². The van der Waals surface area contributed by atoms with Crippen LogP contribution in [0.2, 0.25) is 0 Å². The summed E-state index contributed by atoms with van der Waals surface area (Å²) in [6.07, 6.45) is 3.94. The molecule has 3 aromatic carbocycles. The first kappa shape index (κ1) is 12.2. The maximum Gasteiger partial charge on any atom is 0.0790 e. The molecule has 22 heavy (non-hydrogen) atoms. The molecule has 1 aliphatic rings. The second-order valence-corrected chi connectivity index (χ2v) is 6.35. The Hall–Kier alpha value is -2.41. The third-order valence-electron chi connectivity index (χ3n) is 5.13.